The average Bonchev–Trinajstić information content (AvgIpc) is 2.38. The van der Waals surface area contributed by atoms with Crippen molar-refractivity contribution >= 4 is 5.69 Å². The number of terminal acetylenes is 1. The molecule has 0 saturated carbocycles. The summed E-state index contributed by atoms with van der Waals surface area (Å²) in [5, 5.41) is 0. The average molecular weight is 242 g/mol. The summed E-state index contributed by atoms with van der Waals surface area (Å²) in [6.45, 7) is 11.2. The Labute approximate surface area is 111 Å². The monoisotopic (exact) mass is 242 g/mol. The van der Waals surface area contributed by atoms with E-state index in [1.807, 2.05) is 12.1 Å². The van der Waals surface area contributed by atoms with E-state index in [1.165, 1.54) is 5.69 Å². The SMILES string of the molecule is C#Cc1cccc(N2CCN(C(C)(C)C)CC2)c1. The van der Waals surface area contributed by atoms with Crippen molar-refractivity contribution in [1.82, 2.24) is 4.90 Å². The molecule has 96 valence electrons. The van der Waals surface area contributed by atoms with Crippen LogP contribution in [0, 0.1) is 12.3 Å². The van der Waals surface area contributed by atoms with E-state index in [1.54, 1.807) is 0 Å². The second-order valence-electron chi connectivity index (χ2n) is 5.84. The Morgan fingerprint density at radius 3 is 2.33 bits per heavy atom. The Morgan fingerprint density at radius 1 is 1.11 bits per heavy atom. The van der Waals surface area contributed by atoms with Crippen LogP contribution in [0.5, 0.6) is 0 Å². The lowest BCUT2D eigenvalue weighted by atomic mass is 10.0. The van der Waals surface area contributed by atoms with Crippen LogP contribution in [0.3, 0.4) is 0 Å². The third-order valence-electron chi connectivity index (χ3n) is 3.61. The van der Waals surface area contributed by atoms with E-state index in [2.05, 4.69) is 48.6 Å². The smallest absolute Gasteiger partial charge is 0.0379 e. The van der Waals surface area contributed by atoms with Crippen LogP contribution in [0.1, 0.15) is 26.3 Å². The van der Waals surface area contributed by atoms with Crippen molar-refractivity contribution in [3.8, 4) is 12.3 Å². The maximum atomic E-state index is 5.45. The molecule has 1 heterocycles. The minimum absolute atomic E-state index is 0.271. The normalized spacial score (nSPS) is 17.6. The van der Waals surface area contributed by atoms with Crippen LogP contribution in [0.15, 0.2) is 24.3 Å². The van der Waals surface area contributed by atoms with Gasteiger partial charge in [-0.3, -0.25) is 4.90 Å². The van der Waals surface area contributed by atoms with E-state index in [9.17, 15) is 0 Å². The van der Waals surface area contributed by atoms with E-state index in [0.29, 0.717) is 0 Å². The third kappa shape index (κ3) is 2.86. The molecule has 18 heavy (non-hydrogen) atoms. The molecule has 0 amide bonds. The molecule has 0 aliphatic carbocycles. The fourth-order valence-electron chi connectivity index (χ4n) is 2.43. The molecule has 0 N–H and O–H groups in total. The van der Waals surface area contributed by atoms with E-state index < -0.39 is 0 Å². The fourth-order valence-corrected chi connectivity index (χ4v) is 2.43. The van der Waals surface area contributed by atoms with Gasteiger partial charge in [-0.25, -0.2) is 0 Å². The number of piperazine rings is 1. The van der Waals surface area contributed by atoms with Crippen molar-refractivity contribution in [2.75, 3.05) is 31.1 Å². The molecule has 2 rings (SSSR count). The van der Waals surface area contributed by atoms with Crippen LogP contribution >= 0.6 is 0 Å². The highest BCUT2D eigenvalue weighted by atomic mass is 15.3. The minimum atomic E-state index is 0.271. The molecular weight excluding hydrogens is 220 g/mol. The third-order valence-corrected chi connectivity index (χ3v) is 3.61. The standard InChI is InChI=1S/C16H22N2/c1-5-14-7-6-8-15(13-14)17-9-11-18(12-10-17)16(2,3)4/h1,6-8,13H,9-12H2,2-4H3. The van der Waals surface area contributed by atoms with Gasteiger partial charge in [0.25, 0.3) is 0 Å². The summed E-state index contributed by atoms with van der Waals surface area (Å²) < 4.78 is 0. The van der Waals surface area contributed by atoms with Gasteiger partial charge >= 0.3 is 0 Å². The summed E-state index contributed by atoms with van der Waals surface area (Å²) in [6, 6.07) is 8.27. The van der Waals surface area contributed by atoms with Crippen molar-refractivity contribution < 1.29 is 0 Å². The zero-order chi connectivity index (χ0) is 13.2. The van der Waals surface area contributed by atoms with Crippen molar-refractivity contribution in [2.45, 2.75) is 26.3 Å². The molecule has 0 radical (unpaired) electrons. The first-order valence-electron chi connectivity index (χ1n) is 6.57. The molecule has 1 aromatic rings. The lowest BCUT2D eigenvalue weighted by Crippen LogP contribution is -2.53. The van der Waals surface area contributed by atoms with Gasteiger partial charge in [0.1, 0.15) is 0 Å². The summed E-state index contributed by atoms with van der Waals surface area (Å²) in [5.41, 5.74) is 2.48. The van der Waals surface area contributed by atoms with Crippen LogP contribution in [0.25, 0.3) is 0 Å². The second kappa shape index (κ2) is 5.04. The molecule has 2 nitrogen and oxygen atoms in total. The predicted molar refractivity (Wildman–Crippen MR) is 77.9 cm³/mol. The molecule has 0 spiro atoms. The van der Waals surface area contributed by atoms with Gasteiger partial charge in [-0.05, 0) is 39.0 Å². The Kier molecular flexibility index (Phi) is 3.63. The Morgan fingerprint density at radius 2 is 1.78 bits per heavy atom. The molecule has 1 saturated heterocycles. The first-order chi connectivity index (χ1) is 8.50. The van der Waals surface area contributed by atoms with Crippen molar-refractivity contribution in [3.63, 3.8) is 0 Å². The molecule has 1 aliphatic rings. The van der Waals surface area contributed by atoms with E-state index in [4.69, 9.17) is 6.42 Å². The van der Waals surface area contributed by atoms with Crippen molar-refractivity contribution in [3.05, 3.63) is 29.8 Å². The lowest BCUT2D eigenvalue weighted by Gasteiger charge is -2.43. The predicted octanol–water partition coefficient (Wildman–Crippen LogP) is 2.59. The summed E-state index contributed by atoms with van der Waals surface area (Å²) in [4.78, 5) is 4.96. The van der Waals surface area contributed by atoms with Gasteiger partial charge in [0.2, 0.25) is 0 Å². The topological polar surface area (TPSA) is 6.48 Å². The number of anilines is 1. The Bertz CT molecular complexity index is 443. The molecular formula is C16H22N2. The van der Waals surface area contributed by atoms with Crippen LogP contribution < -0.4 is 4.90 Å². The number of nitrogens with zero attached hydrogens (tertiary/aromatic N) is 2. The highest BCUT2D eigenvalue weighted by Crippen LogP contribution is 2.21. The Hall–Kier alpha value is -1.46. The van der Waals surface area contributed by atoms with E-state index in [0.717, 1.165) is 31.7 Å². The first kappa shape index (κ1) is 13.0. The first-order valence-corrected chi connectivity index (χ1v) is 6.57. The lowest BCUT2D eigenvalue weighted by molar-refractivity contribution is 0.128. The highest BCUT2D eigenvalue weighted by Gasteiger charge is 2.25. The van der Waals surface area contributed by atoms with Gasteiger partial charge in [-0.15, -0.1) is 6.42 Å². The van der Waals surface area contributed by atoms with Crippen LogP contribution in [0.2, 0.25) is 0 Å². The zero-order valence-electron chi connectivity index (χ0n) is 11.6. The second-order valence-corrected chi connectivity index (χ2v) is 5.84. The zero-order valence-corrected chi connectivity index (χ0v) is 11.6. The summed E-state index contributed by atoms with van der Waals surface area (Å²) in [5.74, 6) is 2.70. The van der Waals surface area contributed by atoms with Gasteiger partial charge in [0, 0.05) is 43.0 Å². The molecule has 0 bridgehead atoms. The summed E-state index contributed by atoms with van der Waals surface area (Å²) in [6.07, 6.45) is 5.45. The number of benzene rings is 1. The molecule has 0 aromatic heterocycles. The summed E-state index contributed by atoms with van der Waals surface area (Å²) in [7, 11) is 0. The number of hydrogen-bond donors (Lipinski definition) is 0. The quantitative estimate of drug-likeness (QED) is 0.698. The van der Waals surface area contributed by atoms with Crippen LogP contribution in [0.4, 0.5) is 5.69 Å². The molecule has 1 aromatic carbocycles. The van der Waals surface area contributed by atoms with Crippen molar-refractivity contribution in [1.29, 1.82) is 0 Å². The van der Waals surface area contributed by atoms with E-state index >= 15 is 0 Å². The van der Waals surface area contributed by atoms with Gasteiger partial charge < -0.3 is 4.90 Å². The van der Waals surface area contributed by atoms with Crippen molar-refractivity contribution in [2.24, 2.45) is 0 Å². The van der Waals surface area contributed by atoms with Crippen LogP contribution in [-0.2, 0) is 0 Å². The number of rotatable bonds is 1. The largest absolute Gasteiger partial charge is 0.369 e. The minimum Gasteiger partial charge on any atom is -0.369 e. The maximum Gasteiger partial charge on any atom is 0.0379 e. The van der Waals surface area contributed by atoms with E-state index in [-0.39, 0.29) is 5.54 Å². The number of hydrogen-bond acceptors (Lipinski definition) is 2. The Balaban J connectivity index is 2.04. The molecule has 2 heteroatoms. The van der Waals surface area contributed by atoms with Gasteiger partial charge in [0.15, 0.2) is 0 Å². The fraction of sp³-hybridized carbons (Fsp3) is 0.500. The molecule has 0 unspecified atom stereocenters. The van der Waals surface area contributed by atoms with Gasteiger partial charge in [-0.1, -0.05) is 12.0 Å². The van der Waals surface area contributed by atoms with Gasteiger partial charge in [-0.2, -0.15) is 0 Å². The molecule has 0 atom stereocenters. The van der Waals surface area contributed by atoms with Gasteiger partial charge in [0.05, 0.1) is 0 Å². The van der Waals surface area contributed by atoms with Crippen LogP contribution in [-0.4, -0.2) is 36.6 Å². The summed E-state index contributed by atoms with van der Waals surface area (Å²) >= 11 is 0. The highest BCUT2D eigenvalue weighted by molar-refractivity contribution is 5.52. The molecule has 1 aliphatic heterocycles. The maximum absolute atomic E-state index is 5.45. The molecule has 1 fully saturated rings.